The first kappa shape index (κ1) is 25.4. The zero-order chi connectivity index (χ0) is 26.6. The van der Waals surface area contributed by atoms with Gasteiger partial charge in [-0.15, -0.1) is 0 Å². The number of pyridine rings is 1. The lowest BCUT2D eigenvalue weighted by Crippen LogP contribution is -2.48. The molecular weight excluding hydrogens is 480 g/mol. The summed E-state index contributed by atoms with van der Waals surface area (Å²) >= 11 is 0. The van der Waals surface area contributed by atoms with Gasteiger partial charge in [-0.2, -0.15) is 15.5 Å². The number of hydrogen-bond donors (Lipinski definition) is 1. The standard InChI is InChI=1S/C28H32N8O2/c1-4-20(14-30-19(2)35-9-7-24(8-10-35)33-28(37)26-6-5-11-38-26)25-12-21(23-16-31-34(3)17-23)18-36-27(25)22(13-29)15-32-36/h4,12,14-18,24,26H,1,5-11H2,2-3H3,(H,33,37)/b20-14+,30-19+/t26-/m0/s1. The van der Waals surface area contributed by atoms with Gasteiger partial charge >= 0.3 is 0 Å². The number of amides is 1. The number of nitriles is 1. The molecular formula is C28H32N8O2. The van der Waals surface area contributed by atoms with Crippen molar-refractivity contribution in [3.05, 3.63) is 60.8 Å². The smallest absolute Gasteiger partial charge is 0.249 e. The maximum absolute atomic E-state index is 12.4. The van der Waals surface area contributed by atoms with Crippen LogP contribution in [-0.4, -0.2) is 67.9 Å². The Morgan fingerprint density at radius 3 is 2.71 bits per heavy atom. The third-order valence-electron chi connectivity index (χ3n) is 7.21. The van der Waals surface area contributed by atoms with Gasteiger partial charge in [0.1, 0.15) is 18.0 Å². The van der Waals surface area contributed by atoms with E-state index < -0.39 is 0 Å². The highest BCUT2D eigenvalue weighted by Gasteiger charge is 2.27. The second-order valence-electron chi connectivity index (χ2n) is 9.74. The van der Waals surface area contributed by atoms with Crippen LogP contribution < -0.4 is 5.32 Å². The Bertz CT molecular complexity index is 1440. The molecule has 0 saturated carbocycles. The molecule has 10 nitrogen and oxygen atoms in total. The number of amidine groups is 1. The Hall–Kier alpha value is -4.23. The average Bonchev–Trinajstić information content (AvgIpc) is 3.70. The van der Waals surface area contributed by atoms with E-state index in [0.29, 0.717) is 17.7 Å². The van der Waals surface area contributed by atoms with Gasteiger partial charge in [-0.3, -0.25) is 9.48 Å². The maximum atomic E-state index is 12.4. The summed E-state index contributed by atoms with van der Waals surface area (Å²) in [5.74, 6) is 0.906. The molecule has 3 aromatic heterocycles. The second kappa shape index (κ2) is 11.0. The predicted octanol–water partition coefficient (Wildman–Crippen LogP) is 3.31. The molecule has 2 aliphatic rings. The molecule has 0 radical (unpaired) electrons. The van der Waals surface area contributed by atoms with E-state index in [1.54, 1.807) is 33.9 Å². The van der Waals surface area contributed by atoms with Crippen molar-refractivity contribution in [3.63, 3.8) is 0 Å². The number of allylic oxidation sites excluding steroid dienone is 2. The summed E-state index contributed by atoms with van der Waals surface area (Å²) < 4.78 is 8.97. The fourth-order valence-electron chi connectivity index (χ4n) is 5.05. The molecule has 0 bridgehead atoms. The zero-order valence-electron chi connectivity index (χ0n) is 21.8. The monoisotopic (exact) mass is 512 g/mol. The molecule has 2 aliphatic heterocycles. The van der Waals surface area contributed by atoms with Crippen LogP contribution in [0, 0.1) is 11.3 Å². The first-order chi connectivity index (χ1) is 18.5. The fourth-order valence-corrected chi connectivity index (χ4v) is 5.05. The van der Waals surface area contributed by atoms with Crippen LogP contribution >= 0.6 is 0 Å². The topological polar surface area (TPSA) is 113 Å². The highest BCUT2D eigenvalue weighted by atomic mass is 16.5. The van der Waals surface area contributed by atoms with E-state index >= 15 is 0 Å². The molecule has 1 amide bonds. The Kier molecular flexibility index (Phi) is 7.38. The lowest BCUT2D eigenvalue weighted by atomic mass is 10.0. The van der Waals surface area contributed by atoms with Crippen molar-refractivity contribution in [2.75, 3.05) is 19.7 Å². The van der Waals surface area contributed by atoms with E-state index in [1.807, 2.05) is 32.4 Å². The number of aryl methyl sites for hydroxylation is 1. The quantitative estimate of drug-likeness (QED) is 0.308. The molecule has 38 heavy (non-hydrogen) atoms. The van der Waals surface area contributed by atoms with E-state index in [1.165, 1.54) is 0 Å². The summed E-state index contributed by atoms with van der Waals surface area (Å²) in [6, 6.07) is 4.42. The highest BCUT2D eigenvalue weighted by molar-refractivity contribution is 5.90. The minimum atomic E-state index is -0.292. The van der Waals surface area contributed by atoms with Crippen molar-refractivity contribution in [2.45, 2.75) is 44.8 Å². The van der Waals surface area contributed by atoms with E-state index in [-0.39, 0.29) is 18.1 Å². The summed E-state index contributed by atoms with van der Waals surface area (Å²) in [5, 5.41) is 21.5. The molecule has 3 aromatic rings. The minimum Gasteiger partial charge on any atom is -0.368 e. The zero-order valence-corrected chi connectivity index (χ0v) is 21.8. The lowest BCUT2D eigenvalue weighted by molar-refractivity contribution is -0.131. The van der Waals surface area contributed by atoms with Crippen LogP contribution in [0.5, 0.6) is 0 Å². The largest absolute Gasteiger partial charge is 0.368 e. The van der Waals surface area contributed by atoms with E-state index in [2.05, 4.69) is 33.1 Å². The summed E-state index contributed by atoms with van der Waals surface area (Å²) in [7, 11) is 1.87. The van der Waals surface area contributed by atoms with Gasteiger partial charge in [0.15, 0.2) is 0 Å². The van der Waals surface area contributed by atoms with Gasteiger partial charge in [-0.25, -0.2) is 9.51 Å². The van der Waals surface area contributed by atoms with Gasteiger partial charge < -0.3 is 15.0 Å². The van der Waals surface area contributed by atoms with Crippen LogP contribution in [0.3, 0.4) is 0 Å². The predicted molar refractivity (Wildman–Crippen MR) is 145 cm³/mol. The van der Waals surface area contributed by atoms with Gasteiger partial charge in [0.2, 0.25) is 5.91 Å². The van der Waals surface area contributed by atoms with Gasteiger partial charge in [0.05, 0.1) is 23.5 Å². The number of likely N-dealkylation sites (tertiary alicyclic amines) is 1. The number of ether oxygens (including phenoxy) is 1. The molecule has 5 heterocycles. The number of aliphatic imine (C=N–C) groups is 1. The molecule has 0 unspecified atom stereocenters. The number of aromatic nitrogens is 4. The third kappa shape index (κ3) is 5.24. The number of piperidine rings is 1. The van der Waals surface area contributed by atoms with Crippen molar-refractivity contribution >= 4 is 22.8 Å². The van der Waals surface area contributed by atoms with Crippen LogP contribution in [0.15, 0.2) is 54.7 Å². The Labute approximate surface area is 221 Å². The molecule has 0 aromatic carbocycles. The van der Waals surface area contributed by atoms with Gasteiger partial charge in [0.25, 0.3) is 0 Å². The number of rotatable bonds is 6. The molecule has 2 fully saturated rings. The van der Waals surface area contributed by atoms with Crippen LogP contribution in [0.1, 0.15) is 43.7 Å². The summed E-state index contributed by atoms with van der Waals surface area (Å²) in [6.07, 6.45) is 13.9. The Morgan fingerprint density at radius 1 is 1.24 bits per heavy atom. The van der Waals surface area contributed by atoms with Crippen molar-refractivity contribution in [1.82, 2.24) is 29.6 Å². The van der Waals surface area contributed by atoms with E-state index in [9.17, 15) is 10.1 Å². The maximum Gasteiger partial charge on any atom is 0.249 e. The number of carbonyl (C=O) groups is 1. The molecule has 196 valence electrons. The van der Waals surface area contributed by atoms with Gasteiger partial charge in [-0.05, 0) is 38.7 Å². The van der Waals surface area contributed by atoms with E-state index in [4.69, 9.17) is 9.73 Å². The summed E-state index contributed by atoms with van der Waals surface area (Å²) in [5.41, 5.74) is 4.68. The minimum absolute atomic E-state index is 0.0151. The summed E-state index contributed by atoms with van der Waals surface area (Å²) in [4.78, 5) is 19.4. The van der Waals surface area contributed by atoms with Crippen molar-refractivity contribution in [2.24, 2.45) is 12.0 Å². The van der Waals surface area contributed by atoms with Crippen molar-refractivity contribution in [1.29, 1.82) is 5.26 Å². The number of fused-ring (bicyclic) bond motifs is 1. The Morgan fingerprint density at radius 2 is 2.05 bits per heavy atom. The first-order valence-electron chi connectivity index (χ1n) is 12.9. The molecule has 1 atom stereocenters. The van der Waals surface area contributed by atoms with Crippen LogP contribution in [0.4, 0.5) is 0 Å². The second-order valence-corrected chi connectivity index (χ2v) is 9.74. The van der Waals surface area contributed by atoms with Crippen LogP contribution in [0.25, 0.3) is 22.2 Å². The van der Waals surface area contributed by atoms with Gasteiger partial charge in [-0.1, -0.05) is 12.7 Å². The summed E-state index contributed by atoms with van der Waals surface area (Å²) in [6.45, 7) is 8.30. The molecule has 1 N–H and O–H groups in total. The highest BCUT2D eigenvalue weighted by Crippen LogP contribution is 2.30. The molecule has 0 spiro atoms. The van der Waals surface area contributed by atoms with Crippen LogP contribution in [-0.2, 0) is 16.6 Å². The van der Waals surface area contributed by atoms with E-state index in [0.717, 1.165) is 66.9 Å². The average molecular weight is 513 g/mol. The number of hydrogen-bond acceptors (Lipinski definition) is 6. The van der Waals surface area contributed by atoms with Gasteiger partial charge in [0, 0.05) is 73.6 Å². The molecule has 5 rings (SSSR count). The van der Waals surface area contributed by atoms with Crippen molar-refractivity contribution in [3.8, 4) is 17.2 Å². The molecule has 2 saturated heterocycles. The molecule has 10 heteroatoms. The third-order valence-corrected chi connectivity index (χ3v) is 7.21. The van der Waals surface area contributed by atoms with Crippen molar-refractivity contribution < 1.29 is 9.53 Å². The fraction of sp³-hybridized carbons (Fsp3) is 0.393. The number of nitrogens with one attached hydrogen (secondary N) is 1. The van der Waals surface area contributed by atoms with Crippen LogP contribution in [0.2, 0.25) is 0 Å². The lowest BCUT2D eigenvalue weighted by Gasteiger charge is -2.33. The SMILES string of the molecule is C=C/C(=C\N=C(/C)N1CCC(NC(=O)[C@@H]2CCCO2)CC1)c1cc(-c2cnn(C)c2)cn2ncc(C#N)c12. The first-order valence-corrected chi connectivity index (χ1v) is 12.9. The number of carbonyl (C=O) groups excluding carboxylic acids is 1. The molecule has 0 aliphatic carbocycles. The number of nitrogens with zero attached hydrogens (tertiary/aromatic N) is 7. The normalized spacial score (nSPS) is 19.1. The Balaban J connectivity index is 1.35.